The Morgan fingerprint density at radius 3 is 2.82 bits per heavy atom. The van der Waals surface area contributed by atoms with Gasteiger partial charge in [0, 0.05) is 31.6 Å². The van der Waals surface area contributed by atoms with E-state index < -0.39 is 0 Å². The molecule has 3 aromatic heterocycles. The number of rotatable bonds is 1. The standard InChI is InChI=1S/C13H15N4/c1-10-12(11-6-4-5-8-15(11)2)16(3)13-14-7-9-17(10)13/h4-9H,1-3H3/q+1. The third-order valence-corrected chi connectivity index (χ3v) is 3.26. The summed E-state index contributed by atoms with van der Waals surface area (Å²) in [4.78, 5) is 4.37. The Bertz CT molecular complexity index is 656. The molecule has 3 aromatic rings. The highest BCUT2D eigenvalue weighted by atomic mass is 15.2. The van der Waals surface area contributed by atoms with Crippen LogP contribution in [0.25, 0.3) is 17.2 Å². The van der Waals surface area contributed by atoms with Gasteiger partial charge in [-0.2, -0.15) is 4.57 Å². The number of aryl methyl sites for hydroxylation is 3. The van der Waals surface area contributed by atoms with Crippen LogP contribution < -0.4 is 4.57 Å². The second-order valence-corrected chi connectivity index (χ2v) is 4.29. The Balaban J connectivity index is 2.38. The zero-order valence-corrected chi connectivity index (χ0v) is 10.3. The molecule has 0 atom stereocenters. The van der Waals surface area contributed by atoms with Gasteiger partial charge in [-0.3, -0.25) is 4.40 Å². The van der Waals surface area contributed by atoms with E-state index in [1.165, 1.54) is 17.1 Å². The molecule has 4 heteroatoms. The van der Waals surface area contributed by atoms with Crippen LogP contribution in [0, 0.1) is 6.92 Å². The minimum atomic E-state index is 0.973. The van der Waals surface area contributed by atoms with Crippen molar-refractivity contribution in [2.24, 2.45) is 14.1 Å². The van der Waals surface area contributed by atoms with Gasteiger partial charge in [0.25, 0.3) is 0 Å². The molecule has 3 heterocycles. The Morgan fingerprint density at radius 1 is 1.29 bits per heavy atom. The Kier molecular flexibility index (Phi) is 2.04. The van der Waals surface area contributed by atoms with E-state index in [0.717, 1.165) is 5.78 Å². The summed E-state index contributed by atoms with van der Waals surface area (Å²) < 4.78 is 6.37. The van der Waals surface area contributed by atoms with E-state index in [4.69, 9.17) is 0 Å². The summed E-state index contributed by atoms with van der Waals surface area (Å²) in [5.74, 6) is 0.973. The first kappa shape index (κ1) is 10.1. The number of fused-ring (bicyclic) bond motifs is 1. The van der Waals surface area contributed by atoms with Crippen LogP contribution in [0.15, 0.2) is 36.8 Å². The summed E-state index contributed by atoms with van der Waals surface area (Å²) in [5.41, 5.74) is 3.61. The van der Waals surface area contributed by atoms with Gasteiger partial charge in [-0.25, -0.2) is 4.98 Å². The monoisotopic (exact) mass is 227 g/mol. The zero-order valence-electron chi connectivity index (χ0n) is 10.3. The molecule has 0 unspecified atom stereocenters. The van der Waals surface area contributed by atoms with Crippen molar-refractivity contribution in [2.75, 3.05) is 0 Å². The molecule has 0 bridgehead atoms. The van der Waals surface area contributed by atoms with Crippen LogP contribution >= 0.6 is 0 Å². The molecule has 0 saturated heterocycles. The van der Waals surface area contributed by atoms with Crippen molar-refractivity contribution in [3.63, 3.8) is 0 Å². The van der Waals surface area contributed by atoms with Crippen molar-refractivity contribution in [1.29, 1.82) is 0 Å². The van der Waals surface area contributed by atoms with Gasteiger partial charge in [0.15, 0.2) is 6.20 Å². The fourth-order valence-electron chi connectivity index (χ4n) is 2.39. The van der Waals surface area contributed by atoms with E-state index in [1.807, 2.05) is 18.5 Å². The van der Waals surface area contributed by atoms with E-state index >= 15 is 0 Å². The molecule has 3 rings (SSSR count). The van der Waals surface area contributed by atoms with Gasteiger partial charge in [-0.15, -0.1) is 0 Å². The van der Waals surface area contributed by atoms with Crippen molar-refractivity contribution in [1.82, 2.24) is 14.0 Å². The van der Waals surface area contributed by atoms with E-state index in [2.05, 4.69) is 57.9 Å². The molecule has 0 saturated carbocycles. The van der Waals surface area contributed by atoms with Crippen LogP contribution in [-0.2, 0) is 14.1 Å². The molecule has 0 N–H and O–H groups in total. The van der Waals surface area contributed by atoms with Crippen molar-refractivity contribution in [2.45, 2.75) is 6.92 Å². The predicted octanol–water partition coefficient (Wildman–Crippen LogP) is 1.47. The van der Waals surface area contributed by atoms with Gasteiger partial charge in [0.05, 0.1) is 5.69 Å². The normalized spacial score (nSPS) is 11.2. The second-order valence-electron chi connectivity index (χ2n) is 4.29. The molecule has 17 heavy (non-hydrogen) atoms. The second kappa shape index (κ2) is 3.45. The Morgan fingerprint density at radius 2 is 2.12 bits per heavy atom. The van der Waals surface area contributed by atoms with Crippen LogP contribution in [0.4, 0.5) is 0 Å². The molecule has 0 aromatic carbocycles. The Labute approximate surface area is 99.8 Å². The molecule has 0 radical (unpaired) electrons. The van der Waals surface area contributed by atoms with Crippen molar-refractivity contribution in [3.05, 3.63) is 42.5 Å². The van der Waals surface area contributed by atoms with Gasteiger partial charge in [-0.05, 0) is 13.0 Å². The molecule has 0 aliphatic heterocycles. The lowest BCUT2D eigenvalue weighted by molar-refractivity contribution is -0.660. The van der Waals surface area contributed by atoms with Crippen LogP contribution in [0.2, 0.25) is 0 Å². The molecule has 0 spiro atoms. The number of pyridine rings is 1. The van der Waals surface area contributed by atoms with Crippen molar-refractivity contribution >= 4 is 5.78 Å². The lowest BCUT2D eigenvalue weighted by Gasteiger charge is -2.02. The van der Waals surface area contributed by atoms with Gasteiger partial charge < -0.3 is 4.57 Å². The maximum Gasteiger partial charge on any atom is 0.230 e. The van der Waals surface area contributed by atoms with Crippen molar-refractivity contribution < 1.29 is 4.57 Å². The average Bonchev–Trinajstić information content (AvgIpc) is 2.87. The highest BCUT2D eigenvalue weighted by molar-refractivity contribution is 5.60. The molecule has 0 aliphatic rings. The summed E-state index contributed by atoms with van der Waals surface area (Å²) in [6.07, 6.45) is 5.89. The fourth-order valence-corrected chi connectivity index (χ4v) is 2.39. The maximum absolute atomic E-state index is 4.37. The summed E-state index contributed by atoms with van der Waals surface area (Å²) in [6.45, 7) is 2.12. The van der Waals surface area contributed by atoms with Gasteiger partial charge in [0.1, 0.15) is 12.7 Å². The molecule has 4 nitrogen and oxygen atoms in total. The third kappa shape index (κ3) is 1.30. The van der Waals surface area contributed by atoms with E-state index in [1.54, 1.807) is 0 Å². The predicted molar refractivity (Wildman–Crippen MR) is 65.5 cm³/mol. The van der Waals surface area contributed by atoms with E-state index in [9.17, 15) is 0 Å². The van der Waals surface area contributed by atoms with Crippen LogP contribution in [0.5, 0.6) is 0 Å². The van der Waals surface area contributed by atoms with Crippen LogP contribution in [0.3, 0.4) is 0 Å². The molecule has 0 amide bonds. The molecule has 86 valence electrons. The molecular formula is C13H15N4+. The molecule has 0 aliphatic carbocycles. The van der Waals surface area contributed by atoms with Crippen molar-refractivity contribution in [3.8, 4) is 11.4 Å². The Hall–Kier alpha value is -2.10. The third-order valence-electron chi connectivity index (χ3n) is 3.26. The zero-order chi connectivity index (χ0) is 12.0. The number of nitrogens with zero attached hydrogens (tertiary/aromatic N) is 4. The summed E-state index contributed by atoms with van der Waals surface area (Å²) >= 11 is 0. The number of aromatic nitrogens is 4. The number of hydrogen-bond donors (Lipinski definition) is 0. The van der Waals surface area contributed by atoms with Crippen LogP contribution in [-0.4, -0.2) is 14.0 Å². The van der Waals surface area contributed by atoms with E-state index in [0.29, 0.717) is 0 Å². The number of hydrogen-bond acceptors (Lipinski definition) is 1. The first-order chi connectivity index (χ1) is 8.20. The maximum atomic E-state index is 4.37. The highest BCUT2D eigenvalue weighted by Gasteiger charge is 2.19. The largest absolute Gasteiger partial charge is 0.308 e. The minimum absolute atomic E-state index is 0.973. The smallest absolute Gasteiger partial charge is 0.230 e. The van der Waals surface area contributed by atoms with Gasteiger partial charge in [0.2, 0.25) is 11.5 Å². The topological polar surface area (TPSA) is 26.1 Å². The fraction of sp³-hybridized carbons (Fsp3) is 0.231. The molecular weight excluding hydrogens is 212 g/mol. The molecule has 0 fully saturated rings. The van der Waals surface area contributed by atoms with Gasteiger partial charge in [-0.1, -0.05) is 0 Å². The first-order valence-corrected chi connectivity index (χ1v) is 5.63. The van der Waals surface area contributed by atoms with E-state index in [-0.39, 0.29) is 0 Å². The lowest BCUT2D eigenvalue weighted by Crippen LogP contribution is -2.30. The average molecular weight is 227 g/mol. The SMILES string of the molecule is Cc1c(-c2cccc[n+]2C)n(C)c2nccn12. The summed E-state index contributed by atoms with van der Waals surface area (Å²) in [5, 5.41) is 0. The quantitative estimate of drug-likeness (QED) is 0.578. The first-order valence-electron chi connectivity index (χ1n) is 5.63. The summed E-state index contributed by atoms with van der Waals surface area (Å²) in [7, 11) is 4.11. The van der Waals surface area contributed by atoms with Crippen LogP contribution in [0.1, 0.15) is 5.69 Å². The highest BCUT2D eigenvalue weighted by Crippen LogP contribution is 2.23. The summed E-state index contributed by atoms with van der Waals surface area (Å²) in [6, 6.07) is 6.22. The lowest BCUT2D eigenvalue weighted by atomic mass is 10.2. The minimum Gasteiger partial charge on any atom is -0.308 e. The number of imidazole rings is 2. The van der Waals surface area contributed by atoms with Gasteiger partial charge >= 0.3 is 0 Å².